The Morgan fingerprint density at radius 1 is 0.806 bits per heavy atom. The normalized spacial score (nSPS) is 8.74. The van der Waals surface area contributed by atoms with E-state index in [9.17, 15) is 0 Å². The van der Waals surface area contributed by atoms with Crippen LogP contribution in [0.4, 0.5) is 0 Å². The summed E-state index contributed by atoms with van der Waals surface area (Å²) in [6, 6.07) is 12.0. The Balaban J connectivity index is 0. The molecular formula is C26H44N4O. The monoisotopic (exact) mass is 428 g/mol. The van der Waals surface area contributed by atoms with Crippen LogP contribution >= 0.6 is 0 Å². The van der Waals surface area contributed by atoms with E-state index < -0.39 is 0 Å². The van der Waals surface area contributed by atoms with E-state index in [4.69, 9.17) is 4.74 Å². The van der Waals surface area contributed by atoms with Crippen molar-refractivity contribution in [3.8, 4) is 5.75 Å². The number of nitrogens with zero attached hydrogens (tertiary/aromatic N) is 3. The van der Waals surface area contributed by atoms with Crippen LogP contribution in [0, 0.1) is 27.7 Å². The fourth-order valence-corrected chi connectivity index (χ4v) is 2.42. The largest absolute Gasteiger partial charge is 0.496 e. The molecular weight excluding hydrogens is 384 g/mol. The predicted octanol–water partition coefficient (Wildman–Crippen LogP) is 6.99. The van der Waals surface area contributed by atoms with Crippen LogP contribution in [0.2, 0.25) is 0 Å². The Hall–Kier alpha value is -2.69. The van der Waals surface area contributed by atoms with Crippen LogP contribution in [0.1, 0.15) is 75.7 Å². The molecule has 0 aliphatic rings. The minimum atomic E-state index is 0.872. The van der Waals surface area contributed by atoms with Crippen molar-refractivity contribution in [2.75, 3.05) is 7.11 Å². The van der Waals surface area contributed by atoms with Crippen molar-refractivity contribution in [3.05, 3.63) is 70.6 Å². The second-order valence-corrected chi connectivity index (χ2v) is 6.27. The second-order valence-electron chi connectivity index (χ2n) is 6.27. The first-order valence-electron chi connectivity index (χ1n) is 11.3. The Morgan fingerprint density at radius 3 is 1.74 bits per heavy atom. The van der Waals surface area contributed by atoms with Crippen LogP contribution in [0.5, 0.6) is 5.75 Å². The Bertz CT molecular complexity index is 792. The molecule has 0 bridgehead atoms. The Kier molecular flexibility index (Phi) is 19.0. The molecule has 1 aromatic carbocycles. The van der Waals surface area contributed by atoms with Gasteiger partial charge in [0, 0.05) is 17.1 Å². The molecule has 2 heterocycles. The molecule has 174 valence electrons. The smallest absolute Gasteiger partial charge is 0.125 e. The minimum Gasteiger partial charge on any atom is -0.496 e. The summed E-state index contributed by atoms with van der Waals surface area (Å²) < 4.78 is 5.04. The molecule has 0 aliphatic heterocycles. The van der Waals surface area contributed by atoms with Gasteiger partial charge in [0.25, 0.3) is 0 Å². The van der Waals surface area contributed by atoms with Gasteiger partial charge in [-0.3, -0.25) is 5.10 Å². The van der Waals surface area contributed by atoms with Gasteiger partial charge >= 0.3 is 0 Å². The lowest BCUT2D eigenvalue weighted by Crippen LogP contribution is -1.95. The SMILES string of the molecule is CC.CC.CCc1cc(C)[nH]n1.CCc1cc(C)nc(C)n1.COc1ccccc1C. The molecule has 0 aliphatic carbocycles. The highest BCUT2D eigenvalue weighted by atomic mass is 16.5. The van der Waals surface area contributed by atoms with Gasteiger partial charge in [-0.1, -0.05) is 59.7 Å². The van der Waals surface area contributed by atoms with E-state index in [1.807, 2.05) is 85.7 Å². The number of para-hydroxylation sites is 1. The fraction of sp³-hybridized carbons (Fsp3) is 0.500. The number of aryl methyl sites for hydroxylation is 6. The Labute approximate surface area is 190 Å². The molecule has 0 saturated heterocycles. The molecule has 1 N–H and O–H groups in total. The van der Waals surface area contributed by atoms with Crippen molar-refractivity contribution in [2.24, 2.45) is 0 Å². The van der Waals surface area contributed by atoms with E-state index in [2.05, 4.69) is 40.1 Å². The lowest BCUT2D eigenvalue weighted by molar-refractivity contribution is 0.411. The van der Waals surface area contributed by atoms with Crippen LogP contribution in [-0.4, -0.2) is 27.3 Å². The third-order valence-electron chi connectivity index (χ3n) is 3.82. The van der Waals surface area contributed by atoms with E-state index >= 15 is 0 Å². The van der Waals surface area contributed by atoms with E-state index in [-0.39, 0.29) is 0 Å². The molecule has 5 heteroatoms. The van der Waals surface area contributed by atoms with Crippen molar-refractivity contribution in [2.45, 2.75) is 82.1 Å². The summed E-state index contributed by atoms with van der Waals surface area (Å²) in [5, 5.41) is 6.88. The first-order valence-corrected chi connectivity index (χ1v) is 11.3. The molecule has 31 heavy (non-hydrogen) atoms. The molecule has 0 saturated carbocycles. The Morgan fingerprint density at radius 2 is 1.39 bits per heavy atom. The van der Waals surface area contributed by atoms with E-state index in [0.717, 1.165) is 47.2 Å². The summed E-state index contributed by atoms with van der Waals surface area (Å²) in [7, 11) is 1.68. The quantitative estimate of drug-likeness (QED) is 0.488. The maximum atomic E-state index is 5.04. The number of aromatic nitrogens is 4. The van der Waals surface area contributed by atoms with Gasteiger partial charge in [-0.15, -0.1) is 0 Å². The molecule has 5 nitrogen and oxygen atoms in total. The highest BCUT2D eigenvalue weighted by Gasteiger charge is 1.94. The molecule has 0 spiro atoms. The third kappa shape index (κ3) is 14.0. The lowest BCUT2D eigenvalue weighted by atomic mass is 10.2. The fourth-order valence-electron chi connectivity index (χ4n) is 2.42. The number of methoxy groups -OCH3 is 1. The average molecular weight is 429 g/mol. The van der Waals surface area contributed by atoms with Gasteiger partial charge in [-0.25, -0.2) is 9.97 Å². The maximum absolute atomic E-state index is 5.04. The van der Waals surface area contributed by atoms with Gasteiger partial charge in [-0.2, -0.15) is 5.10 Å². The zero-order valence-corrected chi connectivity index (χ0v) is 21.6. The zero-order valence-electron chi connectivity index (χ0n) is 21.6. The number of nitrogens with one attached hydrogen (secondary N) is 1. The number of H-pyrrole nitrogens is 1. The molecule has 3 aromatic rings. The van der Waals surface area contributed by atoms with Gasteiger partial charge in [0.05, 0.1) is 12.8 Å². The van der Waals surface area contributed by atoms with Crippen molar-refractivity contribution >= 4 is 0 Å². The van der Waals surface area contributed by atoms with Crippen LogP contribution in [0.15, 0.2) is 36.4 Å². The number of hydrogen-bond donors (Lipinski definition) is 1. The summed E-state index contributed by atoms with van der Waals surface area (Å²) in [4.78, 5) is 8.41. The summed E-state index contributed by atoms with van der Waals surface area (Å²) >= 11 is 0. The van der Waals surface area contributed by atoms with E-state index in [0.29, 0.717) is 0 Å². The summed E-state index contributed by atoms with van der Waals surface area (Å²) in [6.07, 6.45) is 2.01. The molecule has 0 atom stereocenters. The van der Waals surface area contributed by atoms with Crippen LogP contribution < -0.4 is 4.74 Å². The van der Waals surface area contributed by atoms with Gasteiger partial charge in [-0.05, 0) is 64.3 Å². The van der Waals surface area contributed by atoms with Crippen LogP contribution in [0.3, 0.4) is 0 Å². The van der Waals surface area contributed by atoms with Gasteiger partial charge < -0.3 is 4.74 Å². The van der Waals surface area contributed by atoms with Crippen LogP contribution in [0.25, 0.3) is 0 Å². The minimum absolute atomic E-state index is 0.872. The summed E-state index contributed by atoms with van der Waals surface area (Å²) in [6.45, 7) is 20.1. The van der Waals surface area contributed by atoms with Crippen molar-refractivity contribution in [1.82, 2.24) is 20.2 Å². The zero-order chi connectivity index (χ0) is 24.2. The van der Waals surface area contributed by atoms with Crippen molar-refractivity contribution in [1.29, 1.82) is 0 Å². The van der Waals surface area contributed by atoms with Crippen LogP contribution in [-0.2, 0) is 12.8 Å². The first kappa shape index (κ1) is 30.5. The van der Waals surface area contributed by atoms with Crippen molar-refractivity contribution in [3.63, 3.8) is 0 Å². The third-order valence-corrected chi connectivity index (χ3v) is 3.82. The second kappa shape index (κ2) is 19.3. The molecule has 0 radical (unpaired) electrons. The summed E-state index contributed by atoms with van der Waals surface area (Å²) in [5.74, 6) is 1.83. The average Bonchev–Trinajstić information content (AvgIpc) is 3.22. The standard InChI is InChI=1S/C8H12N2.C8H10O.C6H10N2.2C2H6/c1-4-8-5-6(2)9-7(3)10-8;1-7-5-3-4-6-8(7)9-2;1-3-6-4-5(2)7-8-6;2*1-2/h5H,4H2,1-3H3;3-6H,1-2H3;4H,3H2,1-2H3,(H,7,8);2*1-2H3. The predicted molar refractivity (Wildman–Crippen MR) is 134 cm³/mol. The number of rotatable bonds is 3. The van der Waals surface area contributed by atoms with E-state index in [1.54, 1.807) is 7.11 Å². The van der Waals surface area contributed by atoms with E-state index in [1.165, 1.54) is 5.56 Å². The van der Waals surface area contributed by atoms with Gasteiger partial charge in [0.15, 0.2) is 0 Å². The maximum Gasteiger partial charge on any atom is 0.125 e. The number of benzene rings is 1. The van der Waals surface area contributed by atoms with Gasteiger partial charge in [0.2, 0.25) is 0 Å². The molecule has 3 rings (SSSR count). The highest BCUT2D eigenvalue weighted by molar-refractivity contribution is 5.31. The highest BCUT2D eigenvalue weighted by Crippen LogP contribution is 2.14. The van der Waals surface area contributed by atoms with Crippen molar-refractivity contribution < 1.29 is 4.74 Å². The summed E-state index contributed by atoms with van der Waals surface area (Å²) in [5.41, 5.74) is 5.65. The molecule has 0 amide bonds. The first-order chi connectivity index (χ1) is 14.9. The molecule has 0 fully saturated rings. The lowest BCUT2D eigenvalue weighted by Gasteiger charge is -2.00. The topological polar surface area (TPSA) is 63.7 Å². The van der Waals surface area contributed by atoms with Gasteiger partial charge in [0.1, 0.15) is 11.6 Å². The number of aromatic amines is 1. The number of ether oxygens (including phenoxy) is 1. The molecule has 2 aromatic heterocycles. The number of hydrogen-bond acceptors (Lipinski definition) is 4. The molecule has 0 unspecified atom stereocenters.